The zero-order valence-electron chi connectivity index (χ0n) is 7.23. The fraction of sp³-hybridized carbons (Fsp3) is 0.714. The molecule has 0 aromatic heterocycles. The number of hydrogen-bond acceptors (Lipinski definition) is 2. The maximum absolute atomic E-state index is 5.26. The van der Waals surface area contributed by atoms with Crippen LogP contribution in [-0.2, 0) is 8.85 Å². The van der Waals surface area contributed by atoms with E-state index in [-0.39, 0.29) is 0 Å². The van der Waals surface area contributed by atoms with Crippen molar-refractivity contribution in [3.8, 4) is 0 Å². The SMILES string of the molecule is C=C(CC)[Si](C)(OC)OC. The van der Waals surface area contributed by atoms with E-state index in [9.17, 15) is 0 Å². The van der Waals surface area contributed by atoms with Crippen LogP contribution in [0.25, 0.3) is 0 Å². The number of hydrogen-bond donors (Lipinski definition) is 0. The van der Waals surface area contributed by atoms with E-state index in [2.05, 4.69) is 13.5 Å². The Bertz CT molecular complexity index is 119. The van der Waals surface area contributed by atoms with Crippen LogP contribution in [0, 0.1) is 0 Å². The lowest BCUT2D eigenvalue weighted by atomic mass is 10.5. The van der Waals surface area contributed by atoms with Crippen LogP contribution in [0.4, 0.5) is 0 Å². The third kappa shape index (κ3) is 1.93. The summed E-state index contributed by atoms with van der Waals surface area (Å²) in [6, 6.07) is 0. The largest absolute Gasteiger partial charge is 0.395 e. The molecule has 3 heteroatoms. The second-order valence-electron chi connectivity index (χ2n) is 2.31. The second-order valence-corrected chi connectivity index (χ2v) is 5.73. The Balaban J connectivity index is 4.17. The van der Waals surface area contributed by atoms with Gasteiger partial charge in [0, 0.05) is 14.2 Å². The molecular formula is C7H16O2Si. The first-order chi connectivity index (χ1) is 4.60. The zero-order valence-corrected chi connectivity index (χ0v) is 8.23. The van der Waals surface area contributed by atoms with Gasteiger partial charge in [-0.15, -0.1) is 0 Å². The average Bonchev–Trinajstić information content (AvgIpc) is 2.01. The smallest absolute Gasteiger partial charge is 0.364 e. The highest BCUT2D eigenvalue weighted by Crippen LogP contribution is 2.16. The Morgan fingerprint density at radius 3 is 1.90 bits per heavy atom. The Labute approximate surface area is 64.1 Å². The lowest BCUT2D eigenvalue weighted by Crippen LogP contribution is -2.38. The van der Waals surface area contributed by atoms with E-state index < -0.39 is 8.56 Å². The molecule has 0 rings (SSSR count). The summed E-state index contributed by atoms with van der Waals surface area (Å²) in [5.74, 6) is 0. The van der Waals surface area contributed by atoms with Gasteiger partial charge in [-0.2, -0.15) is 0 Å². The summed E-state index contributed by atoms with van der Waals surface area (Å²) in [6.07, 6.45) is 0.935. The fourth-order valence-corrected chi connectivity index (χ4v) is 2.08. The minimum absolute atomic E-state index is 0.935. The summed E-state index contributed by atoms with van der Waals surface area (Å²) in [5.41, 5.74) is 0. The summed E-state index contributed by atoms with van der Waals surface area (Å²) < 4.78 is 10.5. The van der Waals surface area contributed by atoms with Gasteiger partial charge in [-0.05, 0) is 18.2 Å². The first kappa shape index (κ1) is 9.88. The third-order valence-corrected chi connectivity index (χ3v) is 5.04. The summed E-state index contributed by atoms with van der Waals surface area (Å²) in [4.78, 5) is 0. The molecule has 0 radical (unpaired) electrons. The van der Waals surface area contributed by atoms with Crippen LogP contribution in [0.1, 0.15) is 13.3 Å². The van der Waals surface area contributed by atoms with Crippen molar-refractivity contribution in [2.45, 2.75) is 19.9 Å². The summed E-state index contributed by atoms with van der Waals surface area (Å²) in [6.45, 7) is 7.96. The molecule has 0 aromatic carbocycles. The van der Waals surface area contributed by atoms with Crippen molar-refractivity contribution in [2.75, 3.05) is 14.2 Å². The Kier molecular flexibility index (Phi) is 3.86. The topological polar surface area (TPSA) is 18.5 Å². The molecule has 2 nitrogen and oxygen atoms in total. The quantitative estimate of drug-likeness (QED) is 0.584. The van der Waals surface area contributed by atoms with Crippen molar-refractivity contribution < 1.29 is 8.85 Å². The van der Waals surface area contributed by atoms with Crippen LogP contribution in [0.3, 0.4) is 0 Å². The molecule has 0 aromatic rings. The summed E-state index contributed by atoms with van der Waals surface area (Å²) >= 11 is 0. The fourth-order valence-electron chi connectivity index (χ4n) is 0.693. The zero-order chi connectivity index (χ0) is 8.20. The van der Waals surface area contributed by atoms with Crippen LogP contribution in [0.5, 0.6) is 0 Å². The van der Waals surface area contributed by atoms with E-state index >= 15 is 0 Å². The maximum Gasteiger partial charge on any atom is 0.364 e. The van der Waals surface area contributed by atoms with Gasteiger partial charge in [0.05, 0.1) is 0 Å². The van der Waals surface area contributed by atoms with E-state index in [4.69, 9.17) is 8.85 Å². The number of allylic oxidation sites excluding steroid dienone is 1. The van der Waals surface area contributed by atoms with E-state index in [1.165, 1.54) is 0 Å². The third-order valence-electron chi connectivity index (χ3n) is 1.85. The van der Waals surface area contributed by atoms with Crippen molar-refractivity contribution in [3.63, 3.8) is 0 Å². The van der Waals surface area contributed by atoms with Crippen molar-refractivity contribution in [2.24, 2.45) is 0 Å². The van der Waals surface area contributed by atoms with Crippen molar-refractivity contribution in [1.29, 1.82) is 0 Å². The van der Waals surface area contributed by atoms with Gasteiger partial charge >= 0.3 is 8.56 Å². The highest BCUT2D eigenvalue weighted by atomic mass is 28.4. The monoisotopic (exact) mass is 160 g/mol. The predicted molar refractivity (Wildman–Crippen MR) is 45.1 cm³/mol. The van der Waals surface area contributed by atoms with Crippen LogP contribution < -0.4 is 0 Å². The van der Waals surface area contributed by atoms with Crippen molar-refractivity contribution in [3.05, 3.63) is 11.8 Å². The number of rotatable bonds is 4. The molecule has 0 aliphatic rings. The molecule has 0 unspecified atom stereocenters. The summed E-state index contributed by atoms with van der Waals surface area (Å²) in [5, 5.41) is 1.09. The molecule has 0 bridgehead atoms. The van der Waals surface area contributed by atoms with Gasteiger partial charge in [0.15, 0.2) is 0 Å². The molecule has 0 aliphatic carbocycles. The summed E-state index contributed by atoms with van der Waals surface area (Å²) in [7, 11) is 1.36. The van der Waals surface area contributed by atoms with E-state index in [1.54, 1.807) is 14.2 Å². The first-order valence-corrected chi connectivity index (χ1v) is 5.71. The first-order valence-electron chi connectivity index (χ1n) is 3.39. The normalized spacial score (nSPS) is 11.6. The van der Waals surface area contributed by atoms with Gasteiger partial charge in [-0.25, -0.2) is 0 Å². The van der Waals surface area contributed by atoms with Crippen LogP contribution in [0.15, 0.2) is 11.8 Å². The molecule has 0 amide bonds. The minimum atomic E-state index is -2.00. The van der Waals surface area contributed by atoms with Gasteiger partial charge in [-0.1, -0.05) is 13.5 Å². The molecule has 0 aliphatic heterocycles. The van der Waals surface area contributed by atoms with E-state index in [1.807, 2.05) is 6.55 Å². The van der Waals surface area contributed by atoms with Crippen molar-refractivity contribution in [1.82, 2.24) is 0 Å². The van der Waals surface area contributed by atoms with Gasteiger partial charge in [-0.3, -0.25) is 0 Å². The minimum Gasteiger partial charge on any atom is -0.395 e. The second kappa shape index (κ2) is 3.90. The Hall–Kier alpha value is -0.123. The highest BCUT2D eigenvalue weighted by Gasteiger charge is 2.31. The van der Waals surface area contributed by atoms with Gasteiger partial charge in [0.25, 0.3) is 0 Å². The van der Waals surface area contributed by atoms with Crippen molar-refractivity contribution >= 4 is 8.56 Å². The van der Waals surface area contributed by atoms with Crippen LogP contribution >= 0.6 is 0 Å². The predicted octanol–water partition coefficient (Wildman–Crippen LogP) is 1.86. The molecule has 0 spiro atoms. The molecule has 0 saturated carbocycles. The van der Waals surface area contributed by atoms with Crippen LogP contribution in [0.2, 0.25) is 6.55 Å². The Morgan fingerprint density at radius 2 is 1.80 bits per heavy atom. The molecular weight excluding hydrogens is 144 g/mol. The average molecular weight is 160 g/mol. The molecule has 0 N–H and O–H groups in total. The van der Waals surface area contributed by atoms with E-state index in [0.29, 0.717) is 0 Å². The molecule has 0 atom stereocenters. The van der Waals surface area contributed by atoms with E-state index in [0.717, 1.165) is 11.6 Å². The molecule has 10 heavy (non-hydrogen) atoms. The maximum atomic E-state index is 5.26. The molecule has 0 saturated heterocycles. The lowest BCUT2D eigenvalue weighted by molar-refractivity contribution is 0.259. The standard InChI is InChI=1S/C7H16O2Si/c1-6-7(2)10(5,8-3)9-4/h2,6H2,1,3-5H3. The molecule has 0 fully saturated rings. The molecule has 0 heterocycles. The molecule has 60 valence electrons. The Morgan fingerprint density at radius 1 is 1.40 bits per heavy atom. The lowest BCUT2D eigenvalue weighted by Gasteiger charge is -2.23. The van der Waals surface area contributed by atoms with Gasteiger partial charge in [0.2, 0.25) is 0 Å². The van der Waals surface area contributed by atoms with Gasteiger partial charge in [0.1, 0.15) is 0 Å². The van der Waals surface area contributed by atoms with Gasteiger partial charge < -0.3 is 8.85 Å². The highest BCUT2D eigenvalue weighted by molar-refractivity contribution is 6.73. The van der Waals surface area contributed by atoms with Crippen LogP contribution in [-0.4, -0.2) is 22.8 Å².